The molecule has 0 bridgehead atoms. The average molecular weight is 340 g/mol. The van der Waals surface area contributed by atoms with Gasteiger partial charge < -0.3 is 10.5 Å². The zero-order valence-corrected chi connectivity index (χ0v) is 14.4. The molecule has 0 aliphatic heterocycles. The van der Waals surface area contributed by atoms with Crippen LogP contribution in [0.25, 0.3) is 0 Å². The van der Waals surface area contributed by atoms with Crippen LogP contribution < -0.4 is 5.73 Å². The van der Waals surface area contributed by atoms with E-state index in [0.29, 0.717) is 6.42 Å². The highest BCUT2D eigenvalue weighted by Crippen LogP contribution is 2.27. The summed E-state index contributed by atoms with van der Waals surface area (Å²) in [5.74, 6) is -0.585. The van der Waals surface area contributed by atoms with Crippen molar-refractivity contribution in [3.8, 4) is 0 Å². The second-order valence-electron chi connectivity index (χ2n) is 5.96. The van der Waals surface area contributed by atoms with E-state index < -0.39 is 16.0 Å². The van der Waals surface area contributed by atoms with E-state index >= 15 is 0 Å². The molecule has 7 heteroatoms. The maximum absolute atomic E-state index is 13.0. The standard InChI is InChI=1S/C16H24N2O4S/c1-12-7-9-13(10-8-12)23(20,21)18(11-16(19)22-2)15-6-4-3-5-14(15)17/h7-10,14-15H,3-6,11,17H2,1-2H3/t14-,15-/m1/s1. The number of esters is 1. The topological polar surface area (TPSA) is 89.7 Å². The fourth-order valence-electron chi connectivity index (χ4n) is 2.92. The summed E-state index contributed by atoms with van der Waals surface area (Å²) in [6.45, 7) is 1.57. The summed E-state index contributed by atoms with van der Waals surface area (Å²) in [6, 6.07) is 5.95. The molecule has 6 nitrogen and oxygen atoms in total. The quantitative estimate of drug-likeness (QED) is 0.819. The summed E-state index contributed by atoms with van der Waals surface area (Å²) in [7, 11) is -2.55. The molecule has 0 saturated heterocycles. The van der Waals surface area contributed by atoms with E-state index in [9.17, 15) is 13.2 Å². The van der Waals surface area contributed by atoms with E-state index in [1.165, 1.54) is 11.4 Å². The van der Waals surface area contributed by atoms with Gasteiger partial charge in [0, 0.05) is 12.1 Å². The minimum atomic E-state index is -3.80. The zero-order chi connectivity index (χ0) is 17.0. The maximum Gasteiger partial charge on any atom is 0.321 e. The number of aryl methyl sites for hydroxylation is 1. The highest BCUT2D eigenvalue weighted by molar-refractivity contribution is 7.89. The monoisotopic (exact) mass is 340 g/mol. The van der Waals surface area contributed by atoms with E-state index in [1.807, 2.05) is 6.92 Å². The molecule has 0 unspecified atom stereocenters. The Balaban J connectivity index is 2.38. The van der Waals surface area contributed by atoms with Gasteiger partial charge in [0.15, 0.2) is 0 Å². The van der Waals surface area contributed by atoms with Gasteiger partial charge in [-0.1, -0.05) is 30.5 Å². The van der Waals surface area contributed by atoms with Crippen LogP contribution in [0, 0.1) is 6.92 Å². The summed E-state index contributed by atoms with van der Waals surface area (Å²) in [5.41, 5.74) is 7.11. The van der Waals surface area contributed by atoms with Gasteiger partial charge in [0.2, 0.25) is 10.0 Å². The molecule has 1 saturated carbocycles. The Morgan fingerprint density at radius 2 is 1.87 bits per heavy atom. The molecule has 128 valence electrons. The van der Waals surface area contributed by atoms with Gasteiger partial charge in [-0.3, -0.25) is 4.79 Å². The van der Waals surface area contributed by atoms with Gasteiger partial charge in [-0.2, -0.15) is 4.31 Å². The Bertz CT molecular complexity index is 643. The van der Waals surface area contributed by atoms with Crippen molar-refractivity contribution in [1.29, 1.82) is 0 Å². The first kappa shape index (κ1) is 17.9. The number of hydrogen-bond donors (Lipinski definition) is 1. The summed E-state index contributed by atoms with van der Waals surface area (Å²) in [4.78, 5) is 11.9. The van der Waals surface area contributed by atoms with Crippen molar-refractivity contribution in [1.82, 2.24) is 4.31 Å². The molecule has 2 N–H and O–H groups in total. The molecule has 0 amide bonds. The predicted octanol–water partition coefficient (Wildman–Crippen LogP) is 1.43. The minimum absolute atomic E-state index is 0.171. The number of nitrogens with zero attached hydrogens (tertiary/aromatic N) is 1. The first-order valence-corrected chi connectivity index (χ1v) is 9.21. The van der Waals surface area contributed by atoms with E-state index in [4.69, 9.17) is 5.73 Å². The lowest BCUT2D eigenvalue weighted by Crippen LogP contribution is -2.53. The Kier molecular flexibility index (Phi) is 5.78. The molecular formula is C16H24N2O4S. The molecular weight excluding hydrogens is 316 g/mol. The van der Waals surface area contributed by atoms with Gasteiger partial charge >= 0.3 is 5.97 Å². The fraction of sp³-hybridized carbons (Fsp3) is 0.562. The second kappa shape index (κ2) is 7.42. The van der Waals surface area contributed by atoms with Gasteiger partial charge in [-0.05, 0) is 31.9 Å². The van der Waals surface area contributed by atoms with Crippen molar-refractivity contribution in [3.05, 3.63) is 29.8 Å². The molecule has 1 aliphatic carbocycles. The van der Waals surface area contributed by atoms with Crippen LogP contribution in [0.2, 0.25) is 0 Å². The molecule has 0 aromatic heterocycles. The second-order valence-corrected chi connectivity index (χ2v) is 7.85. The maximum atomic E-state index is 13.0. The lowest BCUT2D eigenvalue weighted by molar-refractivity contribution is -0.141. The van der Waals surface area contributed by atoms with Crippen molar-refractivity contribution >= 4 is 16.0 Å². The number of sulfonamides is 1. The smallest absolute Gasteiger partial charge is 0.321 e. The van der Waals surface area contributed by atoms with Gasteiger partial charge in [-0.15, -0.1) is 0 Å². The highest BCUT2D eigenvalue weighted by Gasteiger charge is 2.37. The van der Waals surface area contributed by atoms with Crippen LogP contribution in [-0.4, -0.2) is 44.4 Å². The summed E-state index contributed by atoms with van der Waals surface area (Å²) in [5, 5.41) is 0. The highest BCUT2D eigenvalue weighted by atomic mass is 32.2. The van der Waals surface area contributed by atoms with Crippen molar-refractivity contribution in [2.75, 3.05) is 13.7 Å². The van der Waals surface area contributed by atoms with E-state index in [0.717, 1.165) is 24.8 Å². The Morgan fingerprint density at radius 3 is 2.43 bits per heavy atom. The van der Waals surface area contributed by atoms with E-state index in [-0.39, 0.29) is 23.5 Å². The molecule has 0 radical (unpaired) electrons. The molecule has 1 aromatic carbocycles. The largest absolute Gasteiger partial charge is 0.468 e. The molecule has 0 heterocycles. The molecule has 1 aliphatic rings. The van der Waals surface area contributed by atoms with Crippen molar-refractivity contribution < 1.29 is 17.9 Å². The first-order chi connectivity index (χ1) is 10.9. The molecule has 2 rings (SSSR count). The first-order valence-electron chi connectivity index (χ1n) is 7.77. The molecule has 1 aromatic rings. The number of carbonyl (C=O) groups is 1. The number of nitrogens with two attached hydrogens (primary N) is 1. The molecule has 0 spiro atoms. The number of ether oxygens (including phenoxy) is 1. The number of rotatable bonds is 5. The summed E-state index contributed by atoms with van der Waals surface area (Å²) >= 11 is 0. The number of carbonyl (C=O) groups excluding carboxylic acids is 1. The van der Waals surface area contributed by atoms with E-state index in [2.05, 4.69) is 4.74 Å². The van der Waals surface area contributed by atoms with Crippen LogP contribution in [0.4, 0.5) is 0 Å². The molecule has 2 atom stereocenters. The van der Waals surface area contributed by atoms with Crippen LogP contribution in [0.15, 0.2) is 29.2 Å². The van der Waals surface area contributed by atoms with Crippen LogP contribution >= 0.6 is 0 Å². The van der Waals surface area contributed by atoms with Gasteiger partial charge in [0.25, 0.3) is 0 Å². The third kappa shape index (κ3) is 4.10. The molecule has 23 heavy (non-hydrogen) atoms. The zero-order valence-electron chi connectivity index (χ0n) is 13.6. The molecule has 1 fully saturated rings. The number of methoxy groups -OCH3 is 1. The van der Waals surface area contributed by atoms with Gasteiger partial charge in [0.1, 0.15) is 6.54 Å². The van der Waals surface area contributed by atoms with Crippen LogP contribution in [-0.2, 0) is 19.6 Å². The summed E-state index contributed by atoms with van der Waals surface area (Å²) in [6.07, 6.45) is 3.29. The normalized spacial score (nSPS) is 22.1. The summed E-state index contributed by atoms with van der Waals surface area (Å²) < 4.78 is 31.9. The number of hydrogen-bond acceptors (Lipinski definition) is 5. The van der Waals surface area contributed by atoms with Gasteiger partial charge in [0.05, 0.1) is 12.0 Å². The average Bonchev–Trinajstić information content (AvgIpc) is 2.53. The SMILES string of the molecule is COC(=O)CN([C@@H]1CCCC[C@H]1N)S(=O)(=O)c1ccc(C)cc1. The lowest BCUT2D eigenvalue weighted by atomic mass is 9.91. The Morgan fingerprint density at radius 1 is 1.26 bits per heavy atom. The van der Waals surface area contributed by atoms with Crippen molar-refractivity contribution in [3.63, 3.8) is 0 Å². The third-order valence-corrected chi connectivity index (χ3v) is 6.18. The van der Waals surface area contributed by atoms with Crippen LogP contribution in [0.3, 0.4) is 0 Å². The van der Waals surface area contributed by atoms with Crippen molar-refractivity contribution in [2.45, 2.75) is 49.6 Å². The Labute approximate surface area is 137 Å². The third-order valence-electron chi connectivity index (χ3n) is 4.29. The fourth-order valence-corrected chi connectivity index (χ4v) is 4.56. The van der Waals surface area contributed by atoms with Crippen LogP contribution in [0.1, 0.15) is 31.2 Å². The lowest BCUT2D eigenvalue weighted by Gasteiger charge is -2.36. The van der Waals surface area contributed by atoms with Gasteiger partial charge in [-0.25, -0.2) is 8.42 Å². The predicted molar refractivity (Wildman–Crippen MR) is 87.3 cm³/mol. The van der Waals surface area contributed by atoms with Crippen molar-refractivity contribution in [2.24, 2.45) is 5.73 Å². The number of benzene rings is 1. The minimum Gasteiger partial charge on any atom is -0.468 e. The van der Waals surface area contributed by atoms with Crippen LogP contribution in [0.5, 0.6) is 0 Å². The van der Waals surface area contributed by atoms with E-state index in [1.54, 1.807) is 24.3 Å². The Hall–Kier alpha value is -1.44.